The fourth-order valence-corrected chi connectivity index (χ4v) is 2.75. The first-order valence-corrected chi connectivity index (χ1v) is 7.71. The van der Waals surface area contributed by atoms with Crippen LogP contribution in [-0.4, -0.2) is 40.0 Å². The quantitative estimate of drug-likeness (QED) is 0.685. The Labute approximate surface area is 138 Å². The number of benzene rings is 1. The fraction of sp³-hybridized carbons (Fsp3) is 0.294. The maximum atomic E-state index is 12.5. The summed E-state index contributed by atoms with van der Waals surface area (Å²) in [6, 6.07) is 7.47. The first-order valence-electron chi connectivity index (χ1n) is 7.71. The summed E-state index contributed by atoms with van der Waals surface area (Å²) in [6.45, 7) is 5.69. The summed E-state index contributed by atoms with van der Waals surface area (Å²) in [5.74, 6) is -1.13. The molecule has 0 unspecified atom stereocenters. The molecule has 2 heterocycles. The van der Waals surface area contributed by atoms with Crippen molar-refractivity contribution < 1.29 is 19.1 Å². The van der Waals surface area contributed by atoms with E-state index in [1.165, 1.54) is 4.52 Å². The van der Waals surface area contributed by atoms with Crippen molar-refractivity contribution in [3.63, 3.8) is 0 Å². The van der Waals surface area contributed by atoms with Crippen molar-refractivity contribution >= 4 is 28.4 Å². The number of fused-ring (bicyclic) bond motifs is 3. The van der Waals surface area contributed by atoms with Crippen molar-refractivity contribution in [2.45, 2.75) is 20.8 Å². The van der Waals surface area contributed by atoms with Gasteiger partial charge >= 0.3 is 11.9 Å². The first kappa shape index (κ1) is 15.9. The van der Waals surface area contributed by atoms with Gasteiger partial charge in [0.2, 0.25) is 0 Å². The Kier molecular flexibility index (Phi) is 4.16. The largest absolute Gasteiger partial charge is 0.462 e. The molecule has 0 aliphatic carbocycles. The Morgan fingerprint density at radius 2 is 1.75 bits per heavy atom. The zero-order chi connectivity index (χ0) is 17.3. The van der Waals surface area contributed by atoms with Crippen LogP contribution in [0.25, 0.3) is 16.4 Å². The van der Waals surface area contributed by atoms with Crippen molar-refractivity contribution in [1.29, 1.82) is 0 Å². The van der Waals surface area contributed by atoms with Gasteiger partial charge in [-0.1, -0.05) is 23.4 Å². The Bertz CT molecular complexity index is 946. The minimum absolute atomic E-state index is 0.00811. The number of hydrogen-bond acceptors (Lipinski definition) is 6. The predicted molar refractivity (Wildman–Crippen MR) is 87.1 cm³/mol. The van der Waals surface area contributed by atoms with Crippen LogP contribution in [0.4, 0.5) is 0 Å². The summed E-state index contributed by atoms with van der Waals surface area (Å²) in [7, 11) is 0. The standard InChI is InChI=1S/C17H17N3O4/c1-4-23-16(21)13-10(3)11-8-6-7-9-12(11)20-15(13)14(18-19-20)17(22)24-5-2/h6-9H,4-5H2,1-3H3. The number of hydrogen-bond donors (Lipinski definition) is 0. The monoisotopic (exact) mass is 327 g/mol. The molecule has 0 saturated heterocycles. The molecule has 0 N–H and O–H groups in total. The number of para-hydroxylation sites is 1. The minimum atomic E-state index is -0.618. The molecule has 0 aliphatic heterocycles. The third-order valence-electron chi connectivity index (χ3n) is 3.77. The van der Waals surface area contributed by atoms with E-state index in [2.05, 4.69) is 10.3 Å². The zero-order valence-corrected chi connectivity index (χ0v) is 13.7. The molecule has 0 bridgehead atoms. The highest BCUT2D eigenvalue weighted by molar-refractivity contribution is 6.09. The second kappa shape index (κ2) is 6.27. The fourth-order valence-electron chi connectivity index (χ4n) is 2.75. The summed E-state index contributed by atoms with van der Waals surface area (Å²) in [6.07, 6.45) is 0. The number of carbonyl (C=O) groups is 2. The minimum Gasteiger partial charge on any atom is -0.462 e. The molecule has 2 aromatic heterocycles. The van der Waals surface area contributed by atoms with Gasteiger partial charge in [0.25, 0.3) is 0 Å². The van der Waals surface area contributed by atoms with Gasteiger partial charge in [0.1, 0.15) is 5.52 Å². The van der Waals surface area contributed by atoms with Gasteiger partial charge in [-0.05, 0) is 32.4 Å². The van der Waals surface area contributed by atoms with E-state index in [0.717, 1.165) is 10.9 Å². The van der Waals surface area contributed by atoms with Crippen molar-refractivity contribution in [1.82, 2.24) is 14.8 Å². The molecule has 7 nitrogen and oxygen atoms in total. The topological polar surface area (TPSA) is 82.8 Å². The average Bonchev–Trinajstić information content (AvgIpc) is 3.00. The van der Waals surface area contributed by atoms with Gasteiger partial charge in [0.05, 0.1) is 24.3 Å². The molecule has 0 spiro atoms. The van der Waals surface area contributed by atoms with Crippen LogP contribution in [-0.2, 0) is 9.47 Å². The number of nitrogens with zero attached hydrogens (tertiary/aromatic N) is 3. The van der Waals surface area contributed by atoms with Gasteiger partial charge in [-0.15, -0.1) is 5.10 Å². The number of esters is 2. The third-order valence-corrected chi connectivity index (χ3v) is 3.77. The van der Waals surface area contributed by atoms with E-state index in [1.54, 1.807) is 13.8 Å². The van der Waals surface area contributed by atoms with Crippen LogP contribution >= 0.6 is 0 Å². The lowest BCUT2D eigenvalue weighted by molar-refractivity contribution is 0.0521. The molecule has 3 rings (SSSR count). The molecular formula is C17H17N3O4. The lowest BCUT2D eigenvalue weighted by Gasteiger charge is -2.12. The smallest absolute Gasteiger partial charge is 0.361 e. The maximum absolute atomic E-state index is 12.5. The summed E-state index contributed by atoms with van der Waals surface area (Å²) in [5.41, 5.74) is 2.06. The van der Waals surface area contributed by atoms with E-state index >= 15 is 0 Å². The third kappa shape index (κ3) is 2.38. The first-order chi connectivity index (χ1) is 11.6. The second-order valence-electron chi connectivity index (χ2n) is 5.16. The van der Waals surface area contributed by atoms with Gasteiger partial charge in [0.15, 0.2) is 5.69 Å². The Morgan fingerprint density at radius 3 is 2.46 bits per heavy atom. The molecule has 24 heavy (non-hydrogen) atoms. The van der Waals surface area contributed by atoms with E-state index in [9.17, 15) is 9.59 Å². The number of ether oxygens (including phenoxy) is 2. The Balaban J connectivity index is 2.42. The molecular weight excluding hydrogens is 310 g/mol. The molecule has 7 heteroatoms. The van der Waals surface area contributed by atoms with Gasteiger partial charge in [-0.3, -0.25) is 0 Å². The number of aryl methyl sites for hydroxylation is 1. The van der Waals surface area contributed by atoms with E-state index in [4.69, 9.17) is 9.47 Å². The van der Waals surface area contributed by atoms with Crippen molar-refractivity contribution in [2.75, 3.05) is 13.2 Å². The van der Waals surface area contributed by atoms with Crippen LogP contribution in [0.3, 0.4) is 0 Å². The summed E-state index contributed by atoms with van der Waals surface area (Å²) < 4.78 is 11.7. The number of carbonyl (C=O) groups excluding carboxylic acids is 2. The number of pyridine rings is 1. The molecule has 0 aliphatic rings. The summed E-state index contributed by atoms with van der Waals surface area (Å²) >= 11 is 0. The molecule has 3 aromatic rings. The van der Waals surface area contributed by atoms with Crippen LogP contribution in [0.2, 0.25) is 0 Å². The van der Waals surface area contributed by atoms with Crippen LogP contribution in [0.1, 0.15) is 40.3 Å². The molecule has 0 fully saturated rings. The molecule has 124 valence electrons. The number of aromatic nitrogens is 3. The molecule has 0 amide bonds. The van der Waals surface area contributed by atoms with Crippen molar-refractivity contribution in [2.24, 2.45) is 0 Å². The van der Waals surface area contributed by atoms with Crippen molar-refractivity contribution in [3.8, 4) is 0 Å². The molecule has 1 aromatic carbocycles. The summed E-state index contributed by atoms with van der Waals surface area (Å²) in [4.78, 5) is 24.7. The highest BCUT2D eigenvalue weighted by Crippen LogP contribution is 2.28. The second-order valence-corrected chi connectivity index (χ2v) is 5.16. The lowest BCUT2D eigenvalue weighted by atomic mass is 10.0. The molecule has 0 radical (unpaired) electrons. The molecule has 0 saturated carbocycles. The van der Waals surface area contributed by atoms with E-state index in [0.29, 0.717) is 11.1 Å². The lowest BCUT2D eigenvalue weighted by Crippen LogP contribution is -2.13. The van der Waals surface area contributed by atoms with Gasteiger partial charge < -0.3 is 9.47 Å². The van der Waals surface area contributed by atoms with Crippen molar-refractivity contribution in [3.05, 3.63) is 41.1 Å². The van der Waals surface area contributed by atoms with Crippen LogP contribution in [0, 0.1) is 6.92 Å². The van der Waals surface area contributed by atoms with E-state index in [-0.39, 0.29) is 24.5 Å². The molecule has 0 atom stereocenters. The predicted octanol–water partition coefficient (Wildman–Crippen LogP) is 2.54. The zero-order valence-electron chi connectivity index (χ0n) is 13.7. The average molecular weight is 327 g/mol. The highest BCUT2D eigenvalue weighted by atomic mass is 16.5. The van der Waals surface area contributed by atoms with Gasteiger partial charge in [-0.2, -0.15) is 0 Å². The van der Waals surface area contributed by atoms with Crippen LogP contribution in [0.15, 0.2) is 24.3 Å². The normalized spacial score (nSPS) is 11.0. The Hall–Kier alpha value is -2.96. The van der Waals surface area contributed by atoms with Crippen LogP contribution in [0.5, 0.6) is 0 Å². The SMILES string of the molecule is CCOC(=O)c1nnn2c1c(C(=O)OCC)c(C)c1ccccc12. The number of rotatable bonds is 4. The van der Waals surface area contributed by atoms with E-state index < -0.39 is 11.9 Å². The highest BCUT2D eigenvalue weighted by Gasteiger charge is 2.26. The Morgan fingerprint density at radius 1 is 1.08 bits per heavy atom. The van der Waals surface area contributed by atoms with Crippen LogP contribution < -0.4 is 0 Å². The van der Waals surface area contributed by atoms with Gasteiger partial charge in [0, 0.05) is 5.39 Å². The van der Waals surface area contributed by atoms with Gasteiger partial charge in [-0.25, -0.2) is 14.1 Å². The summed E-state index contributed by atoms with van der Waals surface area (Å²) in [5, 5.41) is 8.83. The maximum Gasteiger partial charge on any atom is 0.361 e. The van der Waals surface area contributed by atoms with E-state index in [1.807, 2.05) is 31.2 Å².